The molecule has 1 N–H and O–H groups in total. The van der Waals surface area contributed by atoms with Gasteiger partial charge in [-0.25, -0.2) is 0 Å². The van der Waals surface area contributed by atoms with Gasteiger partial charge in [-0.15, -0.1) is 11.8 Å². The van der Waals surface area contributed by atoms with E-state index in [4.69, 9.17) is 0 Å². The fraction of sp³-hybridized carbons (Fsp3) is 0.200. The fourth-order valence-corrected chi connectivity index (χ4v) is 3.25. The molecule has 1 unspecified atom stereocenters. The van der Waals surface area contributed by atoms with Crippen LogP contribution in [0.4, 0.5) is 0 Å². The predicted octanol–water partition coefficient (Wildman–Crippen LogP) is 4.58. The van der Waals surface area contributed by atoms with Gasteiger partial charge >= 0.3 is 0 Å². The van der Waals surface area contributed by atoms with Crippen molar-refractivity contribution >= 4 is 27.7 Å². The maximum Gasteiger partial charge on any atom is 0.0886 e. The van der Waals surface area contributed by atoms with Crippen LogP contribution in [-0.4, -0.2) is 10.9 Å². The molecule has 0 heterocycles. The molecule has 1 atom stereocenters. The summed E-state index contributed by atoms with van der Waals surface area (Å²) in [5, 5.41) is 10.2. The minimum absolute atomic E-state index is 0.421. The van der Waals surface area contributed by atoms with Crippen molar-refractivity contribution in [3.8, 4) is 0 Å². The summed E-state index contributed by atoms with van der Waals surface area (Å²) < 4.78 is 1.07. The molecule has 0 aromatic heterocycles. The average Bonchev–Trinajstić information content (AvgIpc) is 2.37. The number of aryl methyl sites for hydroxylation is 1. The van der Waals surface area contributed by atoms with Crippen molar-refractivity contribution in [3.05, 3.63) is 64.1 Å². The Morgan fingerprint density at radius 2 is 1.94 bits per heavy atom. The number of benzene rings is 2. The molecule has 0 amide bonds. The number of hydrogen-bond acceptors (Lipinski definition) is 2. The van der Waals surface area contributed by atoms with Gasteiger partial charge in [0, 0.05) is 15.1 Å². The highest BCUT2D eigenvalue weighted by atomic mass is 79.9. The number of thioether (sulfide) groups is 1. The molecule has 94 valence electrons. The van der Waals surface area contributed by atoms with Crippen molar-refractivity contribution in [1.29, 1.82) is 0 Å². The summed E-state index contributed by atoms with van der Waals surface area (Å²) in [6, 6.07) is 16.1. The molecule has 0 aliphatic carbocycles. The summed E-state index contributed by atoms with van der Waals surface area (Å²) >= 11 is 5.12. The van der Waals surface area contributed by atoms with E-state index in [9.17, 15) is 5.11 Å². The topological polar surface area (TPSA) is 20.2 Å². The van der Waals surface area contributed by atoms with Gasteiger partial charge in [0.1, 0.15) is 0 Å². The zero-order chi connectivity index (χ0) is 13.0. The van der Waals surface area contributed by atoms with Crippen LogP contribution in [0.1, 0.15) is 17.2 Å². The smallest absolute Gasteiger partial charge is 0.0886 e. The first-order valence-electron chi connectivity index (χ1n) is 5.79. The summed E-state index contributed by atoms with van der Waals surface area (Å²) in [5.74, 6) is 0.668. The normalized spacial score (nSPS) is 12.4. The average molecular weight is 323 g/mol. The standard InChI is InChI=1S/C15H15BrOS/c1-11-5-2-3-8-14(11)15(17)10-18-13-7-4-6-12(16)9-13/h2-9,15,17H,10H2,1H3. The highest BCUT2D eigenvalue weighted by molar-refractivity contribution is 9.10. The van der Waals surface area contributed by atoms with E-state index in [0.29, 0.717) is 5.75 Å². The van der Waals surface area contributed by atoms with Crippen LogP contribution in [0.15, 0.2) is 57.9 Å². The highest BCUT2D eigenvalue weighted by Gasteiger charge is 2.10. The summed E-state index contributed by atoms with van der Waals surface area (Å²) in [6.07, 6.45) is -0.421. The van der Waals surface area contributed by atoms with Crippen LogP contribution < -0.4 is 0 Å². The predicted molar refractivity (Wildman–Crippen MR) is 81.0 cm³/mol. The Morgan fingerprint density at radius 3 is 2.67 bits per heavy atom. The maximum atomic E-state index is 10.2. The number of aliphatic hydroxyl groups is 1. The molecule has 2 rings (SSSR count). The third-order valence-electron chi connectivity index (χ3n) is 2.75. The van der Waals surface area contributed by atoms with E-state index in [0.717, 1.165) is 20.5 Å². The zero-order valence-electron chi connectivity index (χ0n) is 10.1. The molecule has 0 aliphatic heterocycles. The van der Waals surface area contributed by atoms with E-state index in [1.165, 1.54) is 0 Å². The third-order valence-corrected chi connectivity index (χ3v) is 4.31. The molecule has 0 saturated carbocycles. The van der Waals surface area contributed by atoms with Gasteiger partial charge < -0.3 is 5.11 Å². The minimum Gasteiger partial charge on any atom is -0.388 e. The van der Waals surface area contributed by atoms with Crippen molar-refractivity contribution in [1.82, 2.24) is 0 Å². The Labute approximate surface area is 120 Å². The zero-order valence-corrected chi connectivity index (χ0v) is 12.5. The second kappa shape index (κ2) is 6.41. The van der Waals surface area contributed by atoms with Gasteiger partial charge in [0.25, 0.3) is 0 Å². The van der Waals surface area contributed by atoms with E-state index >= 15 is 0 Å². The molecule has 0 aliphatic rings. The maximum absolute atomic E-state index is 10.2. The Hall–Kier alpha value is -0.770. The molecular weight excluding hydrogens is 308 g/mol. The Bertz CT molecular complexity index is 527. The molecule has 2 aromatic rings. The van der Waals surface area contributed by atoms with Crippen LogP contribution in [0.2, 0.25) is 0 Å². The van der Waals surface area contributed by atoms with Crippen molar-refractivity contribution in [3.63, 3.8) is 0 Å². The lowest BCUT2D eigenvalue weighted by molar-refractivity contribution is 0.203. The molecule has 0 bridgehead atoms. The van der Waals surface area contributed by atoms with Gasteiger partial charge in [-0.2, -0.15) is 0 Å². The van der Waals surface area contributed by atoms with Crippen LogP contribution in [0.5, 0.6) is 0 Å². The van der Waals surface area contributed by atoms with Crippen molar-refractivity contribution < 1.29 is 5.11 Å². The molecule has 1 nitrogen and oxygen atoms in total. The fourth-order valence-electron chi connectivity index (χ4n) is 1.78. The first-order valence-corrected chi connectivity index (χ1v) is 7.56. The largest absolute Gasteiger partial charge is 0.388 e. The Morgan fingerprint density at radius 1 is 1.17 bits per heavy atom. The quantitative estimate of drug-likeness (QED) is 0.831. The van der Waals surface area contributed by atoms with Crippen LogP contribution in [0.3, 0.4) is 0 Å². The van der Waals surface area contributed by atoms with E-state index in [1.807, 2.05) is 43.3 Å². The number of aliphatic hydroxyl groups excluding tert-OH is 1. The molecule has 2 aromatic carbocycles. The third kappa shape index (κ3) is 3.61. The lowest BCUT2D eigenvalue weighted by atomic mass is 10.1. The highest BCUT2D eigenvalue weighted by Crippen LogP contribution is 2.27. The van der Waals surface area contributed by atoms with Crippen molar-refractivity contribution in [2.75, 3.05) is 5.75 Å². The van der Waals surface area contributed by atoms with Crippen LogP contribution >= 0.6 is 27.7 Å². The van der Waals surface area contributed by atoms with Gasteiger partial charge in [0.2, 0.25) is 0 Å². The van der Waals surface area contributed by atoms with E-state index < -0.39 is 6.10 Å². The van der Waals surface area contributed by atoms with Gasteiger partial charge in [0.05, 0.1) is 6.10 Å². The monoisotopic (exact) mass is 322 g/mol. The van der Waals surface area contributed by atoms with Crippen molar-refractivity contribution in [2.24, 2.45) is 0 Å². The van der Waals surface area contributed by atoms with Gasteiger partial charge in [-0.1, -0.05) is 46.3 Å². The lowest BCUT2D eigenvalue weighted by Crippen LogP contribution is -2.02. The number of rotatable bonds is 4. The van der Waals surface area contributed by atoms with Gasteiger partial charge in [0.15, 0.2) is 0 Å². The second-order valence-electron chi connectivity index (χ2n) is 4.14. The molecule has 3 heteroatoms. The van der Waals surface area contributed by atoms with Crippen LogP contribution in [0.25, 0.3) is 0 Å². The van der Waals surface area contributed by atoms with Gasteiger partial charge in [-0.05, 0) is 36.2 Å². The van der Waals surface area contributed by atoms with Crippen LogP contribution in [0, 0.1) is 6.92 Å². The van der Waals surface area contributed by atoms with E-state index in [-0.39, 0.29) is 0 Å². The summed E-state index contributed by atoms with van der Waals surface area (Å²) in [5.41, 5.74) is 2.15. The molecular formula is C15H15BrOS. The molecule has 0 radical (unpaired) electrons. The first kappa shape index (κ1) is 13.7. The number of hydrogen-bond donors (Lipinski definition) is 1. The lowest BCUT2D eigenvalue weighted by Gasteiger charge is -2.13. The first-order chi connectivity index (χ1) is 8.66. The summed E-state index contributed by atoms with van der Waals surface area (Å²) in [7, 11) is 0. The Kier molecular flexibility index (Phi) is 4.87. The molecule has 18 heavy (non-hydrogen) atoms. The van der Waals surface area contributed by atoms with Crippen molar-refractivity contribution in [2.45, 2.75) is 17.9 Å². The molecule has 0 spiro atoms. The summed E-state index contributed by atoms with van der Waals surface area (Å²) in [4.78, 5) is 1.16. The summed E-state index contributed by atoms with van der Waals surface area (Å²) in [6.45, 7) is 2.03. The van der Waals surface area contributed by atoms with E-state index in [2.05, 4.69) is 28.1 Å². The minimum atomic E-state index is -0.421. The molecule has 0 saturated heterocycles. The van der Waals surface area contributed by atoms with Gasteiger partial charge in [-0.3, -0.25) is 0 Å². The second-order valence-corrected chi connectivity index (χ2v) is 6.15. The SMILES string of the molecule is Cc1ccccc1C(O)CSc1cccc(Br)c1. The molecule has 0 fully saturated rings. The number of halogens is 1. The Balaban J connectivity index is 2.00. The van der Waals surface area contributed by atoms with E-state index in [1.54, 1.807) is 11.8 Å². The van der Waals surface area contributed by atoms with Crippen LogP contribution in [-0.2, 0) is 0 Å².